The number of rotatable bonds is 4. The SMILES string of the molecule is C=CC1CC(=O)N(c2ccccc2Nc2ccccc2)C1. The highest BCUT2D eigenvalue weighted by Crippen LogP contribution is 2.33. The van der Waals surface area contributed by atoms with Gasteiger partial charge in [0.25, 0.3) is 0 Å². The van der Waals surface area contributed by atoms with Gasteiger partial charge >= 0.3 is 0 Å². The molecule has 0 bridgehead atoms. The molecule has 0 aliphatic carbocycles. The van der Waals surface area contributed by atoms with Gasteiger partial charge in [-0.25, -0.2) is 0 Å². The van der Waals surface area contributed by atoms with Crippen LogP contribution in [0.2, 0.25) is 0 Å². The third-order valence-corrected chi connectivity index (χ3v) is 3.74. The van der Waals surface area contributed by atoms with Gasteiger partial charge in [-0.2, -0.15) is 0 Å². The van der Waals surface area contributed by atoms with Crippen LogP contribution in [0.15, 0.2) is 67.3 Å². The summed E-state index contributed by atoms with van der Waals surface area (Å²) in [6.45, 7) is 4.51. The standard InChI is InChI=1S/C18H18N2O/c1-2-14-12-18(21)20(13-14)17-11-7-6-10-16(17)19-15-8-4-3-5-9-15/h2-11,14,19H,1,12-13H2. The number of nitrogens with zero attached hydrogens (tertiary/aromatic N) is 1. The van der Waals surface area contributed by atoms with Crippen LogP contribution in [-0.2, 0) is 4.79 Å². The van der Waals surface area contributed by atoms with Gasteiger partial charge in [0.15, 0.2) is 0 Å². The Balaban J connectivity index is 1.90. The van der Waals surface area contributed by atoms with Crippen molar-refractivity contribution < 1.29 is 4.79 Å². The lowest BCUT2D eigenvalue weighted by molar-refractivity contribution is -0.117. The highest BCUT2D eigenvalue weighted by molar-refractivity contribution is 5.99. The number of carbonyl (C=O) groups is 1. The van der Waals surface area contributed by atoms with Gasteiger partial charge in [-0.15, -0.1) is 6.58 Å². The van der Waals surface area contributed by atoms with E-state index in [-0.39, 0.29) is 11.8 Å². The molecule has 1 N–H and O–H groups in total. The zero-order valence-corrected chi connectivity index (χ0v) is 11.8. The fourth-order valence-corrected chi connectivity index (χ4v) is 2.62. The van der Waals surface area contributed by atoms with E-state index in [4.69, 9.17) is 0 Å². The van der Waals surface area contributed by atoms with Crippen molar-refractivity contribution in [3.05, 3.63) is 67.3 Å². The van der Waals surface area contributed by atoms with Crippen LogP contribution in [0.5, 0.6) is 0 Å². The molecule has 0 saturated carbocycles. The molecule has 1 aliphatic heterocycles. The van der Waals surface area contributed by atoms with E-state index in [1.165, 1.54) is 0 Å². The fourth-order valence-electron chi connectivity index (χ4n) is 2.62. The second kappa shape index (κ2) is 5.83. The van der Waals surface area contributed by atoms with Crippen molar-refractivity contribution in [2.45, 2.75) is 6.42 Å². The summed E-state index contributed by atoms with van der Waals surface area (Å²) in [5.41, 5.74) is 2.88. The third-order valence-electron chi connectivity index (χ3n) is 3.74. The lowest BCUT2D eigenvalue weighted by atomic mass is 10.1. The van der Waals surface area contributed by atoms with Crippen LogP contribution in [0.1, 0.15) is 6.42 Å². The van der Waals surface area contributed by atoms with Gasteiger partial charge in [-0.05, 0) is 24.3 Å². The van der Waals surface area contributed by atoms with Gasteiger partial charge < -0.3 is 10.2 Å². The predicted octanol–water partition coefficient (Wildman–Crippen LogP) is 3.97. The van der Waals surface area contributed by atoms with Crippen LogP contribution in [0.25, 0.3) is 0 Å². The summed E-state index contributed by atoms with van der Waals surface area (Å²) in [5.74, 6) is 0.393. The molecule has 1 saturated heterocycles. The summed E-state index contributed by atoms with van der Waals surface area (Å²) in [6.07, 6.45) is 2.41. The van der Waals surface area contributed by atoms with Crippen molar-refractivity contribution in [3.63, 3.8) is 0 Å². The minimum atomic E-state index is 0.155. The van der Waals surface area contributed by atoms with E-state index in [9.17, 15) is 4.79 Å². The number of hydrogen-bond donors (Lipinski definition) is 1. The molecule has 0 spiro atoms. The van der Waals surface area contributed by atoms with Crippen molar-refractivity contribution >= 4 is 23.0 Å². The van der Waals surface area contributed by atoms with E-state index in [1.54, 1.807) is 0 Å². The van der Waals surface area contributed by atoms with Gasteiger partial charge in [0, 0.05) is 24.6 Å². The Morgan fingerprint density at radius 1 is 1.10 bits per heavy atom. The first-order chi connectivity index (χ1) is 10.3. The van der Waals surface area contributed by atoms with E-state index in [2.05, 4.69) is 11.9 Å². The topological polar surface area (TPSA) is 32.3 Å². The second-order valence-corrected chi connectivity index (χ2v) is 5.21. The minimum Gasteiger partial charge on any atom is -0.354 e. The number of anilines is 3. The lowest BCUT2D eigenvalue weighted by Crippen LogP contribution is -2.25. The lowest BCUT2D eigenvalue weighted by Gasteiger charge is -2.21. The Hall–Kier alpha value is -2.55. The Bertz CT molecular complexity index is 651. The van der Waals surface area contributed by atoms with Crippen LogP contribution in [0.4, 0.5) is 17.1 Å². The largest absolute Gasteiger partial charge is 0.354 e. The maximum absolute atomic E-state index is 12.2. The van der Waals surface area contributed by atoms with Crippen LogP contribution in [-0.4, -0.2) is 12.5 Å². The average molecular weight is 278 g/mol. The molecular weight excluding hydrogens is 260 g/mol. The maximum atomic E-state index is 12.2. The summed E-state index contributed by atoms with van der Waals surface area (Å²) in [5, 5.41) is 3.38. The van der Waals surface area contributed by atoms with E-state index >= 15 is 0 Å². The van der Waals surface area contributed by atoms with Gasteiger partial charge in [-0.1, -0.05) is 36.4 Å². The molecule has 21 heavy (non-hydrogen) atoms. The number of para-hydroxylation sites is 3. The number of benzene rings is 2. The number of hydrogen-bond acceptors (Lipinski definition) is 2. The van der Waals surface area contributed by atoms with Crippen LogP contribution in [0.3, 0.4) is 0 Å². The van der Waals surface area contributed by atoms with Gasteiger partial charge in [0.1, 0.15) is 0 Å². The molecule has 3 nitrogen and oxygen atoms in total. The van der Waals surface area contributed by atoms with Crippen LogP contribution < -0.4 is 10.2 Å². The molecule has 0 radical (unpaired) electrons. The molecule has 1 aliphatic rings. The van der Waals surface area contributed by atoms with E-state index in [0.717, 1.165) is 17.1 Å². The highest BCUT2D eigenvalue weighted by Gasteiger charge is 2.29. The van der Waals surface area contributed by atoms with Crippen molar-refractivity contribution in [2.24, 2.45) is 5.92 Å². The summed E-state index contributed by atoms with van der Waals surface area (Å²) in [4.78, 5) is 14.0. The fraction of sp³-hybridized carbons (Fsp3) is 0.167. The minimum absolute atomic E-state index is 0.155. The van der Waals surface area contributed by atoms with E-state index < -0.39 is 0 Å². The van der Waals surface area contributed by atoms with E-state index in [1.807, 2.05) is 65.6 Å². The molecule has 1 atom stereocenters. The van der Waals surface area contributed by atoms with Crippen molar-refractivity contribution in [2.75, 3.05) is 16.8 Å². The number of nitrogens with one attached hydrogen (secondary N) is 1. The summed E-state index contributed by atoms with van der Waals surface area (Å²) >= 11 is 0. The molecular formula is C18H18N2O. The molecule has 0 aromatic heterocycles. The Kier molecular flexibility index (Phi) is 3.73. The molecule has 1 amide bonds. The zero-order chi connectivity index (χ0) is 14.7. The van der Waals surface area contributed by atoms with Crippen molar-refractivity contribution in [3.8, 4) is 0 Å². The molecule has 1 unspecified atom stereocenters. The molecule has 2 aromatic rings. The molecule has 106 valence electrons. The first-order valence-corrected chi connectivity index (χ1v) is 7.12. The normalized spacial score (nSPS) is 17.8. The smallest absolute Gasteiger partial charge is 0.227 e. The number of carbonyl (C=O) groups excluding carboxylic acids is 1. The summed E-state index contributed by atoms with van der Waals surface area (Å²) in [6, 6.07) is 17.9. The Labute approximate surface area is 124 Å². The Morgan fingerprint density at radius 2 is 1.81 bits per heavy atom. The van der Waals surface area contributed by atoms with Crippen molar-refractivity contribution in [1.29, 1.82) is 0 Å². The summed E-state index contributed by atoms with van der Waals surface area (Å²) < 4.78 is 0. The molecule has 1 heterocycles. The second-order valence-electron chi connectivity index (χ2n) is 5.21. The van der Waals surface area contributed by atoms with Gasteiger partial charge in [0.05, 0.1) is 11.4 Å². The molecule has 2 aromatic carbocycles. The predicted molar refractivity (Wildman–Crippen MR) is 86.8 cm³/mol. The first kappa shape index (κ1) is 13.4. The van der Waals surface area contributed by atoms with Crippen LogP contribution >= 0.6 is 0 Å². The van der Waals surface area contributed by atoms with Crippen molar-refractivity contribution in [1.82, 2.24) is 0 Å². The maximum Gasteiger partial charge on any atom is 0.227 e. The van der Waals surface area contributed by atoms with Gasteiger partial charge in [-0.3, -0.25) is 4.79 Å². The quantitative estimate of drug-likeness (QED) is 0.858. The molecule has 3 rings (SSSR count). The summed E-state index contributed by atoms with van der Waals surface area (Å²) in [7, 11) is 0. The monoisotopic (exact) mass is 278 g/mol. The third kappa shape index (κ3) is 2.82. The highest BCUT2D eigenvalue weighted by atomic mass is 16.2. The Morgan fingerprint density at radius 3 is 2.52 bits per heavy atom. The van der Waals surface area contributed by atoms with E-state index in [0.29, 0.717) is 13.0 Å². The van der Waals surface area contributed by atoms with Crippen LogP contribution in [0, 0.1) is 5.92 Å². The first-order valence-electron chi connectivity index (χ1n) is 7.12. The van der Waals surface area contributed by atoms with Gasteiger partial charge in [0.2, 0.25) is 5.91 Å². The average Bonchev–Trinajstić information content (AvgIpc) is 2.90. The number of amides is 1. The molecule has 1 fully saturated rings. The molecule has 3 heteroatoms. The zero-order valence-electron chi connectivity index (χ0n) is 11.8.